The quantitative estimate of drug-likeness (QED) is 0.0521. The molecule has 0 bridgehead atoms. The van der Waals surface area contributed by atoms with Crippen molar-refractivity contribution in [2.45, 2.75) is 530 Å². The second kappa shape index (κ2) is 52.8. The Labute approximate surface area is 713 Å². The van der Waals surface area contributed by atoms with Gasteiger partial charge in [0.05, 0.1) is 6.61 Å². The minimum Gasteiger partial charge on any atom is -0.494 e. The fraction of sp³-hybridized carbons (Fsp3) is 0.931. The highest BCUT2D eigenvalue weighted by atomic mass is 31.1. The molecule has 0 aliphatic heterocycles. The number of unbranched alkanes of at least 4 members (excludes halogenated alkanes) is 3. The Hall–Kier alpha value is 0.950. The van der Waals surface area contributed by atoms with E-state index in [-0.39, 0.29) is 58.9 Å². The number of carbonyl (C=O) groups excluding carboxylic acids is 1. The summed E-state index contributed by atoms with van der Waals surface area (Å²) in [5.74, 6) is 1.21. The highest BCUT2D eigenvalue weighted by molar-refractivity contribution is 7.61. The molecule has 0 aromatic heterocycles. The van der Waals surface area contributed by atoms with Crippen LogP contribution in [0.5, 0.6) is 5.75 Å². The highest BCUT2D eigenvalue weighted by Gasteiger charge is 2.43. The molecule has 1 aromatic rings. The minimum absolute atomic E-state index is 0.00994. The number of nitrogens with one attached hydrogen (secondary N) is 1. The molecule has 13 rings (SSSR count). The van der Waals surface area contributed by atoms with Crippen molar-refractivity contribution in [2.24, 2.45) is 0 Å². The van der Waals surface area contributed by atoms with E-state index in [2.05, 4.69) is 44.3 Å². The van der Waals surface area contributed by atoms with Crippen LogP contribution < -0.4 is 10.1 Å². The number of benzene rings is 1. The van der Waals surface area contributed by atoms with Gasteiger partial charge < -0.3 is 10.1 Å². The van der Waals surface area contributed by atoms with Crippen molar-refractivity contribution in [1.82, 2.24) is 20.0 Å². The first-order chi connectivity index (χ1) is 56.4. The lowest BCUT2D eigenvalue weighted by Gasteiger charge is -2.46. The van der Waals surface area contributed by atoms with Gasteiger partial charge in [0.2, 0.25) is 5.91 Å². The molecule has 12 fully saturated rings. The fourth-order valence-electron chi connectivity index (χ4n) is 26.7. The first kappa shape index (κ1) is 92.6. The number of rotatable bonds is 45. The first-order valence-electron chi connectivity index (χ1n) is 52.1. The van der Waals surface area contributed by atoms with Crippen LogP contribution in [0, 0.1) is 0 Å². The summed E-state index contributed by atoms with van der Waals surface area (Å²) in [6.45, 7) is 7.39. The third-order valence-corrected chi connectivity index (χ3v) is 55.1. The zero-order valence-electron chi connectivity index (χ0n) is 74.9. The van der Waals surface area contributed by atoms with Gasteiger partial charge in [0.15, 0.2) is 0 Å². The molecule has 0 spiro atoms. The van der Waals surface area contributed by atoms with E-state index >= 15 is 0 Å². The SMILES string of the molecule is CC(=O)NCCCCCCOc1ccc(C(CCCN(CP(C2CCCCC2)C2CCCCC2)CP(C2CCCCC2)C2CCCCC2)(CCCN(CP(C2CCCCC2)C2CCCCC2)CP(C2CCCCC2)C2CCCCC2)CCCN(CP(C2CCCCC2)C2CCCCC2)CP(C2CCCCC2)C2CCCCC2)cc1. The molecule has 12 aliphatic carbocycles. The van der Waals surface area contributed by atoms with Crippen LogP contribution in [0.3, 0.4) is 0 Å². The molecule has 6 nitrogen and oxygen atoms in total. The van der Waals surface area contributed by atoms with Crippen LogP contribution in [0.1, 0.15) is 462 Å². The Morgan fingerprint density at radius 1 is 0.289 bits per heavy atom. The third kappa shape index (κ3) is 30.1. The molecule has 652 valence electrons. The van der Waals surface area contributed by atoms with Gasteiger partial charge in [-0.25, -0.2) is 0 Å². The maximum absolute atomic E-state index is 11.7. The van der Waals surface area contributed by atoms with Crippen LogP contribution in [-0.4, -0.2) is 159 Å². The van der Waals surface area contributed by atoms with Gasteiger partial charge in [0, 0.05) is 51.2 Å². The summed E-state index contributed by atoms with van der Waals surface area (Å²) in [6.07, 6.45) is 114. The number of carbonyl (C=O) groups is 1. The minimum atomic E-state index is -0.00994. The zero-order valence-corrected chi connectivity index (χ0v) is 80.2. The van der Waals surface area contributed by atoms with E-state index in [0.717, 1.165) is 112 Å². The van der Waals surface area contributed by atoms with Crippen LogP contribution in [0.15, 0.2) is 24.3 Å². The summed E-state index contributed by atoms with van der Waals surface area (Å²) in [5, 5.41) is 3.05. The van der Waals surface area contributed by atoms with E-state index in [9.17, 15) is 4.79 Å². The Morgan fingerprint density at radius 2 is 0.491 bits per heavy atom. The number of ether oxygens (including phenoxy) is 1. The summed E-state index contributed by atoms with van der Waals surface area (Å²) in [7, 11) is -0.0596. The van der Waals surface area contributed by atoms with E-state index in [0.29, 0.717) is 0 Å². The second-order valence-electron chi connectivity index (χ2n) is 41.5. The Bertz CT molecular complexity index is 2190. The molecule has 114 heavy (non-hydrogen) atoms. The molecule has 0 heterocycles. The van der Waals surface area contributed by atoms with Crippen molar-refractivity contribution in [2.75, 3.05) is 70.5 Å². The van der Waals surface area contributed by atoms with Gasteiger partial charge >= 0.3 is 0 Å². The van der Waals surface area contributed by atoms with Crippen LogP contribution in [-0.2, 0) is 10.2 Å². The van der Waals surface area contributed by atoms with Gasteiger partial charge in [-0.2, -0.15) is 0 Å². The van der Waals surface area contributed by atoms with Crippen molar-refractivity contribution < 1.29 is 9.53 Å². The summed E-state index contributed by atoms with van der Waals surface area (Å²) in [4.78, 5) is 22.0. The van der Waals surface area contributed by atoms with E-state index in [1.54, 1.807) is 167 Å². The van der Waals surface area contributed by atoms with E-state index < -0.39 is 0 Å². The average Bonchev–Trinajstić information content (AvgIpc) is 0.801. The van der Waals surface area contributed by atoms with Crippen molar-refractivity contribution in [3.8, 4) is 5.75 Å². The molecule has 1 N–H and O–H groups in total. The normalized spacial score (nSPS) is 24.0. The number of nitrogens with zero attached hydrogens (tertiary/aromatic N) is 3. The predicted molar refractivity (Wildman–Crippen MR) is 512 cm³/mol. The first-order valence-corrected chi connectivity index (χ1v) is 62.1. The van der Waals surface area contributed by atoms with Crippen molar-refractivity contribution in [1.29, 1.82) is 0 Å². The number of hydrogen-bond acceptors (Lipinski definition) is 5. The standard InChI is InChI=1S/C102H182N4O2P6/c1-87(107)103-76-40-2-3-41-80-108-89-71-69-88(70-72-89)102(73-42-77-104(81-109(90-45-16-4-17-46-90)91-47-18-5-19-48-91)82-110(92-49-20-6-21-50-92)93-51-22-7-23-52-93,74-43-78-105(83-111(94-53-24-8-25-54-94)95-55-26-9-27-56-95)84-112(96-57-28-10-29-58-96)97-59-30-11-31-60-97)75-44-79-106(85-113(98-61-32-12-33-62-98)99-63-34-13-35-64-99)86-114(100-65-36-14-37-66-100)101-67-38-15-39-68-101/h69-72,90-101H,2-68,73-86H2,1H3,(H,103,107). The molecular weight excluding hydrogens is 1500 g/mol. The lowest BCUT2D eigenvalue weighted by molar-refractivity contribution is -0.118. The molecule has 0 atom stereocenters. The van der Waals surface area contributed by atoms with Crippen LogP contribution in [0.4, 0.5) is 0 Å². The second-order valence-corrected chi connectivity index (χ2v) is 58.1. The molecule has 0 saturated heterocycles. The molecule has 12 aliphatic rings. The van der Waals surface area contributed by atoms with Crippen molar-refractivity contribution in [3.63, 3.8) is 0 Å². The third-order valence-electron chi connectivity index (χ3n) is 33.3. The monoisotopic (exact) mass is 1680 g/mol. The Morgan fingerprint density at radius 3 is 0.693 bits per heavy atom. The van der Waals surface area contributed by atoms with Crippen LogP contribution in [0.2, 0.25) is 0 Å². The lowest BCUT2D eigenvalue weighted by Crippen LogP contribution is -2.37. The molecule has 0 radical (unpaired) electrons. The molecular formula is C102H182N4O2P6. The lowest BCUT2D eigenvalue weighted by atomic mass is 9.70. The van der Waals surface area contributed by atoms with E-state index in [1.807, 2.05) is 0 Å². The summed E-state index contributed by atoms with van der Waals surface area (Å²) in [5.41, 5.74) is 14.2. The summed E-state index contributed by atoms with van der Waals surface area (Å²) >= 11 is 0. The van der Waals surface area contributed by atoms with Gasteiger partial charge in [-0.1, -0.05) is 304 Å². The Kier molecular flexibility index (Phi) is 42.9. The molecule has 12 heteroatoms. The average molecular weight is 1680 g/mol. The molecule has 0 unspecified atom stereocenters. The molecule has 1 amide bonds. The highest BCUT2D eigenvalue weighted by Crippen LogP contribution is 2.65. The summed E-state index contributed by atoms with van der Waals surface area (Å²) in [6, 6.07) is 10.6. The maximum Gasteiger partial charge on any atom is 0.216 e. The van der Waals surface area contributed by atoms with Gasteiger partial charge in [0.25, 0.3) is 0 Å². The van der Waals surface area contributed by atoms with Gasteiger partial charge in [-0.3, -0.25) is 19.5 Å². The number of amides is 1. The van der Waals surface area contributed by atoms with Gasteiger partial charge in [-0.15, -0.1) is 0 Å². The van der Waals surface area contributed by atoms with Crippen molar-refractivity contribution >= 4 is 53.4 Å². The largest absolute Gasteiger partial charge is 0.494 e. The molecule has 1 aromatic carbocycles. The van der Waals surface area contributed by atoms with Crippen LogP contribution >= 0.6 is 47.5 Å². The van der Waals surface area contributed by atoms with Crippen molar-refractivity contribution in [3.05, 3.63) is 29.8 Å². The fourth-order valence-corrected chi connectivity index (χ4v) is 50.1. The van der Waals surface area contributed by atoms with E-state index in [1.165, 1.54) is 327 Å². The van der Waals surface area contributed by atoms with E-state index in [4.69, 9.17) is 4.74 Å². The Balaban J connectivity index is 0.874. The maximum atomic E-state index is 11.7. The topological polar surface area (TPSA) is 48.1 Å². The number of hydrogen-bond donors (Lipinski definition) is 1. The summed E-state index contributed by atoms with van der Waals surface area (Å²) < 4.78 is 6.90. The zero-order chi connectivity index (χ0) is 77.9. The smallest absolute Gasteiger partial charge is 0.216 e. The predicted octanol–water partition coefficient (Wildman–Crippen LogP) is 31.9. The van der Waals surface area contributed by atoms with Gasteiger partial charge in [0.1, 0.15) is 5.75 Å². The molecule has 12 saturated carbocycles. The van der Waals surface area contributed by atoms with Gasteiger partial charge in [-0.05, 0) is 316 Å². The van der Waals surface area contributed by atoms with Crippen LogP contribution in [0.25, 0.3) is 0 Å².